The van der Waals surface area contributed by atoms with E-state index in [0.717, 1.165) is 30.7 Å². The van der Waals surface area contributed by atoms with Crippen molar-refractivity contribution >= 4 is 29.2 Å². The molecule has 1 aliphatic rings. The van der Waals surface area contributed by atoms with E-state index in [0.29, 0.717) is 28.9 Å². The van der Waals surface area contributed by atoms with Gasteiger partial charge in [0.05, 0.1) is 13.0 Å². The number of hydrogen-bond donors (Lipinski definition) is 1. The van der Waals surface area contributed by atoms with Crippen LogP contribution < -0.4 is 9.47 Å². The van der Waals surface area contributed by atoms with Gasteiger partial charge in [-0.3, -0.25) is 4.79 Å². The zero-order valence-electron chi connectivity index (χ0n) is 17.3. The lowest BCUT2D eigenvalue weighted by atomic mass is 9.77. The minimum absolute atomic E-state index is 0.0720. The Kier molecular flexibility index (Phi) is 7.50. The zero-order chi connectivity index (χ0) is 21.7. The SMILES string of the molecule is CCC1(CCN(C)CCC(=O)O)COc2cc(OCc3c(Cl)cccc3Cl)ccc21. The number of fused-ring (bicyclic) bond motifs is 1. The largest absolute Gasteiger partial charge is 0.492 e. The second kappa shape index (κ2) is 9.90. The van der Waals surface area contributed by atoms with Crippen LogP contribution in [0.5, 0.6) is 11.5 Å². The summed E-state index contributed by atoms with van der Waals surface area (Å²) in [6, 6.07) is 11.3. The van der Waals surface area contributed by atoms with E-state index in [2.05, 4.69) is 17.9 Å². The van der Waals surface area contributed by atoms with Crippen LogP contribution in [0.3, 0.4) is 0 Å². The number of nitrogens with zero attached hydrogens (tertiary/aromatic N) is 1. The van der Waals surface area contributed by atoms with Crippen molar-refractivity contribution in [3.8, 4) is 11.5 Å². The molecule has 162 valence electrons. The summed E-state index contributed by atoms with van der Waals surface area (Å²) in [5.74, 6) is 0.773. The molecule has 0 radical (unpaired) electrons. The maximum atomic E-state index is 10.8. The van der Waals surface area contributed by atoms with Crippen LogP contribution in [0, 0.1) is 0 Å². The van der Waals surface area contributed by atoms with Gasteiger partial charge in [0, 0.05) is 39.2 Å². The Morgan fingerprint density at radius 1 is 1.23 bits per heavy atom. The van der Waals surface area contributed by atoms with Crippen molar-refractivity contribution in [1.82, 2.24) is 4.90 Å². The highest BCUT2D eigenvalue weighted by molar-refractivity contribution is 6.35. The summed E-state index contributed by atoms with van der Waals surface area (Å²) in [6.07, 6.45) is 2.00. The highest BCUT2D eigenvalue weighted by Crippen LogP contribution is 2.45. The molecule has 0 saturated carbocycles. The van der Waals surface area contributed by atoms with Crippen molar-refractivity contribution in [1.29, 1.82) is 0 Å². The van der Waals surface area contributed by atoms with Crippen LogP contribution >= 0.6 is 23.2 Å². The summed E-state index contributed by atoms with van der Waals surface area (Å²) < 4.78 is 12.0. The summed E-state index contributed by atoms with van der Waals surface area (Å²) in [5.41, 5.74) is 1.87. The van der Waals surface area contributed by atoms with Gasteiger partial charge in [-0.1, -0.05) is 42.3 Å². The van der Waals surface area contributed by atoms with Gasteiger partial charge in [-0.15, -0.1) is 0 Å². The number of carbonyl (C=O) groups is 1. The molecule has 1 atom stereocenters. The summed E-state index contributed by atoms with van der Waals surface area (Å²) in [4.78, 5) is 12.9. The molecule has 0 bridgehead atoms. The highest BCUT2D eigenvalue weighted by Gasteiger charge is 2.39. The van der Waals surface area contributed by atoms with E-state index in [-0.39, 0.29) is 18.4 Å². The molecule has 2 aromatic carbocycles. The molecular formula is C23H27Cl2NO4. The Bertz CT molecular complexity index is 885. The summed E-state index contributed by atoms with van der Waals surface area (Å²) >= 11 is 12.4. The third-order valence-electron chi connectivity index (χ3n) is 5.83. The van der Waals surface area contributed by atoms with Crippen LogP contribution in [0.2, 0.25) is 10.0 Å². The average molecular weight is 452 g/mol. The van der Waals surface area contributed by atoms with Gasteiger partial charge in [0.1, 0.15) is 18.1 Å². The number of rotatable bonds is 10. The number of hydrogen-bond acceptors (Lipinski definition) is 4. The van der Waals surface area contributed by atoms with Crippen LogP contribution in [0.25, 0.3) is 0 Å². The molecule has 1 heterocycles. The Hall–Kier alpha value is -1.95. The molecule has 0 aromatic heterocycles. The first-order valence-electron chi connectivity index (χ1n) is 10.1. The van der Waals surface area contributed by atoms with Crippen molar-refractivity contribution in [3.63, 3.8) is 0 Å². The van der Waals surface area contributed by atoms with E-state index < -0.39 is 5.97 Å². The van der Waals surface area contributed by atoms with Gasteiger partial charge in [-0.2, -0.15) is 0 Å². The third-order valence-corrected chi connectivity index (χ3v) is 6.54. The fraction of sp³-hybridized carbons (Fsp3) is 0.435. The van der Waals surface area contributed by atoms with Gasteiger partial charge in [0.15, 0.2) is 0 Å². The van der Waals surface area contributed by atoms with E-state index in [4.69, 9.17) is 37.8 Å². The lowest BCUT2D eigenvalue weighted by Gasteiger charge is -2.29. The van der Waals surface area contributed by atoms with E-state index in [1.54, 1.807) is 18.2 Å². The van der Waals surface area contributed by atoms with E-state index in [9.17, 15) is 4.79 Å². The minimum Gasteiger partial charge on any atom is -0.492 e. The second-order valence-electron chi connectivity index (χ2n) is 7.77. The molecule has 1 unspecified atom stereocenters. The van der Waals surface area contributed by atoms with Crippen LogP contribution in [-0.4, -0.2) is 42.7 Å². The number of ether oxygens (including phenoxy) is 2. The van der Waals surface area contributed by atoms with Crippen molar-refractivity contribution in [2.75, 3.05) is 26.7 Å². The van der Waals surface area contributed by atoms with E-state index in [1.807, 2.05) is 19.2 Å². The number of carboxylic acid groups (broad SMARTS) is 1. The molecule has 0 saturated heterocycles. The third kappa shape index (κ3) is 5.20. The molecule has 0 amide bonds. The quantitative estimate of drug-likeness (QED) is 0.523. The monoisotopic (exact) mass is 451 g/mol. The zero-order valence-corrected chi connectivity index (χ0v) is 18.8. The standard InChI is InChI=1S/C23H27Cl2NO4/c1-3-23(10-12-26(2)11-9-22(27)28)15-30-21-13-16(7-8-18(21)23)29-14-17-19(24)5-4-6-20(17)25/h4-8,13H,3,9-12,14-15H2,1-2H3,(H,27,28). The average Bonchev–Trinajstić information content (AvgIpc) is 3.09. The topological polar surface area (TPSA) is 59.0 Å². The van der Waals surface area contributed by atoms with Crippen LogP contribution in [-0.2, 0) is 16.8 Å². The molecule has 3 rings (SSSR count). The summed E-state index contributed by atoms with van der Waals surface area (Å²) in [6.45, 7) is 4.42. The fourth-order valence-corrected chi connectivity index (χ4v) is 4.26. The molecule has 1 N–H and O–H groups in total. The Labute approximate surface area is 187 Å². The first-order valence-corrected chi connectivity index (χ1v) is 10.8. The molecular weight excluding hydrogens is 425 g/mol. The number of carboxylic acids is 1. The van der Waals surface area contributed by atoms with Crippen molar-refractivity contribution in [3.05, 3.63) is 57.6 Å². The lowest BCUT2D eigenvalue weighted by molar-refractivity contribution is -0.137. The van der Waals surface area contributed by atoms with Crippen molar-refractivity contribution < 1.29 is 19.4 Å². The molecule has 0 spiro atoms. The van der Waals surface area contributed by atoms with Crippen LogP contribution in [0.15, 0.2) is 36.4 Å². The predicted molar refractivity (Wildman–Crippen MR) is 119 cm³/mol. The molecule has 0 fully saturated rings. The van der Waals surface area contributed by atoms with Gasteiger partial charge < -0.3 is 19.5 Å². The number of aliphatic carboxylic acids is 1. The molecule has 30 heavy (non-hydrogen) atoms. The first kappa shape index (κ1) is 22.7. The molecule has 0 aliphatic carbocycles. The first-order chi connectivity index (χ1) is 14.3. The van der Waals surface area contributed by atoms with E-state index in [1.165, 1.54) is 5.56 Å². The maximum Gasteiger partial charge on any atom is 0.304 e. The van der Waals surface area contributed by atoms with Gasteiger partial charge in [-0.05, 0) is 44.6 Å². The highest BCUT2D eigenvalue weighted by atomic mass is 35.5. The van der Waals surface area contributed by atoms with E-state index >= 15 is 0 Å². The van der Waals surface area contributed by atoms with Gasteiger partial charge in [-0.25, -0.2) is 0 Å². The Morgan fingerprint density at radius 2 is 1.97 bits per heavy atom. The molecule has 5 nitrogen and oxygen atoms in total. The normalized spacial score (nSPS) is 17.6. The van der Waals surface area contributed by atoms with Gasteiger partial charge in [0.2, 0.25) is 0 Å². The lowest BCUT2D eigenvalue weighted by Crippen LogP contribution is -2.33. The van der Waals surface area contributed by atoms with Gasteiger partial charge >= 0.3 is 5.97 Å². The second-order valence-corrected chi connectivity index (χ2v) is 8.58. The fourth-order valence-electron chi connectivity index (χ4n) is 3.75. The molecule has 7 heteroatoms. The molecule has 2 aromatic rings. The Morgan fingerprint density at radius 3 is 2.63 bits per heavy atom. The maximum absolute atomic E-state index is 10.8. The van der Waals surface area contributed by atoms with Crippen molar-refractivity contribution in [2.45, 2.75) is 38.2 Å². The predicted octanol–water partition coefficient (Wildman–Crippen LogP) is 5.41. The molecule has 1 aliphatic heterocycles. The summed E-state index contributed by atoms with van der Waals surface area (Å²) in [7, 11) is 1.96. The van der Waals surface area contributed by atoms with Crippen molar-refractivity contribution in [2.24, 2.45) is 0 Å². The number of halogens is 2. The van der Waals surface area contributed by atoms with Gasteiger partial charge in [0.25, 0.3) is 0 Å². The number of benzene rings is 2. The minimum atomic E-state index is -0.771. The Balaban J connectivity index is 1.67. The van der Waals surface area contributed by atoms with Crippen LogP contribution in [0.1, 0.15) is 37.3 Å². The van der Waals surface area contributed by atoms with Crippen LogP contribution in [0.4, 0.5) is 0 Å². The summed E-state index contributed by atoms with van der Waals surface area (Å²) in [5, 5.41) is 10.0. The smallest absolute Gasteiger partial charge is 0.304 e.